The number of carboxylic acid groups (broad SMARTS) is 1. The van der Waals surface area contributed by atoms with E-state index in [0.29, 0.717) is 0 Å². The fraction of sp³-hybridized carbons (Fsp3) is 0.400. The summed E-state index contributed by atoms with van der Waals surface area (Å²) in [6.45, 7) is 0.538. The molecule has 0 aliphatic carbocycles. The second-order valence-corrected chi connectivity index (χ2v) is 8.39. The van der Waals surface area contributed by atoms with Crippen molar-refractivity contribution < 1.29 is 47.8 Å². The summed E-state index contributed by atoms with van der Waals surface area (Å²) in [6.07, 6.45) is 0.0658. The third-order valence-electron chi connectivity index (χ3n) is 5.13. The van der Waals surface area contributed by atoms with Crippen molar-refractivity contribution >= 4 is 47.3 Å². The largest absolute Gasteiger partial charge is 0.477 e. The van der Waals surface area contributed by atoms with E-state index < -0.39 is 47.4 Å². The van der Waals surface area contributed by atoms with Crippen LogP contribution in [0, 0.1) is 0 Å². The van der Waals surface area contributed by atoms with Crippen LogP contribution < -0.4 is 11.1 Å². The van der Waals surface area contributed by atoms with Gasteiger partial charge in [0, 0.05) is 24.7 Å². The number of carboxylic acids is 1. The number of nitrogens with two attached hydrogens (primary N) is 1. The maximum atomic E-state index is 13.4. The molecule has 0 aromatic carbocycles. The molecule has 1 aromatic heterocycles. The van der Waals surface area contributed by atoms with Gasteiger partial charge in [-0.1, -0.05) is 5.16 Å². The van der Waals surface area contributed by atoms with Gasteiger partial charge in [-0.2, -0.15) is 0 Å². The van der Waals surface area contributed by atoms with Crippen molar-refractivity contribution in [1.82, 2.24) is 10.2 Å². The van der Waals surface area contributed by atoms with E-state index in [1.165, 1.54) is 32.4 Å². The van der Waals surface area contributed by atoms with Crippen LogP contribution in [0.25, 0.3) is 0 Å². The molecule has 4 N–H and O–H groups in total. The number of β-lactam (4-membered cyclic amide) rings is 1. The smallest absolute Gasteiger partial charge is 0.404 e. The Hall–Kier alpha value is -4.01. The quantitative estimate of drug-likeness (QED) is 0.163. The van der Waals surface area contributed by atoms with Crippen molar-refractivity contribution in [3.8, 4) is 0 Å². The first-order chi connectivity index (χ1) is 16.6. The van der Waals surface area contributed by atoms with Gasteiger partial charge in [-0.15, -0.1) is 11.8 Å². The Labute approximate surface area is 202 Å². The number of amides is 3. The molecule has 0 saturated carbocycles. The number of primary amides is 1. The Bertz CT molecular complexity index is 1100. The second kappa shape index (κ2) is 10.5. The van der Waals surface area contributed by atoms with Gasteiger partial charge < -0.3 is 34.9 Å². The van der Waals surface area contributed by atoms with Gasteiger partial charge in [0.1, 0.15) is 24.8 Å². The van der Waals surface area contributed by atoms with E-state index >= 15 is 0 Å². The van der Waals surface area contributed by atoms with Gasteiger partial charge in [0.15, 0.2) is 11.3 Å². The van der Waals surface area contributed by atoms with Crippen molar-refractivity contribution in [2.45, 2.75) is 24.3 Å². The van der Waals surface area contributed by atoms with Crippen LogP contribution in [0.1, 0.15) is 19.1 Å². The van der Waals surface area contributed by atoms with Crippen molar-refractivity contribution in [1.29, 1.82) is 0 Å². The SMILES string of the molecule is CO/N=C(\C(=O)N[C@@]1(CCOC(C)=O)C(=O)N2C(C(=O)O)=C(COC(N)=O)CS[C@H]21)c1ccco1. The number of nitrogens with zero attached hydrogens (tertiary/aromatic N) is 2. The summed E-state index contributed by atoms with van der Waals surface area (Å²) in [4.78, 5) is 66.6. The molecule has 0 unspecified atom stereocenters. The number of thioether (sulfide) groups is 1. The zero-order valence-corrected chi connectivity index (χ0v) is 19.5. The molecule has 0 bridgehead atoms. The average Bonchev–Trinajstić information content (AvgIpc) is 3.33. The minimum atomic E-state index is -1.64. The summed E-state index contributed by atoms with van der Waals surface area (Å²) >= 11 is 1.13. The number of rotatable bonds is 10. The molecular weight excluding hydrogens is 488 g/mol. The molecule has 3 amide bonds. The Morgan fingerprint density at radius 1 is 1.37 bits per heavy atom. The monoisotopic (exact) mass is 510 g/mol. The Morgan fingerprint density at radius 2 is 2.11 bits per heavy atom. The van der Waals surface area contributed by atoms with E-state index in [-0.39, 0.29) is 41.5 Å². The van der Waals surface area contributed by atoms with Crippen LogP contribution in [-0.4, -0.2) is 82.6 Å². The molecule has 0 radical (unpaired) electrons. The number of ether oxygens (including phenoxy) is 2. The van der Waals surface area contributed by atoms with Crippen LogP contribution in [-0.2, 0) is 33.5 Å². The first-order valence-corrected chi connectivity index (χ1v) is 11.1. The van der Waals surface area contributed by atoms with Crippen LogP contribution in [0.4, 0.5) is 4.79 Å². The molecule has 14 nitrogen and oxygen atoms in total. The number of furan rings is 1. The zero-order valence-electron chi connectivity index (χ0n) is 18.6. The van der Waals surface area contributed by atoms with E-state index in [9.17, 15) is 29.1 Å². The zero-order chi connectivity index (χ0) is 25.8. The first-order valence-electron chi connectivity index (χ1n) is 10.1. The van der Waals surface area contributed by atoms with E-state index in [1.54, 1.807) is 0 Å². The van der Waals surface area contributed by atoms with Crippen LogP contribution in [0.15, 0.2) is 39.2 Å². The Balaban J connectivity index is 1.95. The molecule has 2 aliphatic rings. The van der Waals surface area contributed by atoms with Gasteiger partial charge in [0.25, 0.3) is 11.8 Å². The minimum absolute atomic E-state index is 0.0613. The Morgan fingerprint density at radius 3 is 2.69 bits per heavy atom. The number of hydrogen-bond donors (Lipinski definition) is 3. The molecule has 1 aromatic rings. The van der Waals surface area contributed by atoms with Gasteiger partial charge in [-0.05, 0) is 12.1 Å². The first kappa shape index (κ1) is 25.6. The Kier molecular flexibility index (Phi) is 7.68. The summed E-state index contributed by atoms with van der Waals surface area (Å²) in [5, 5.41) is 15.2. The number of aliphatic carboxylic acids is 1. The van der Waals surface area contributed by atoms with Crippen molar-refractivity contribution in [3.05, 3.63) is 35.4 Å². The topological polar surface area (TPSA) is 200 Å². The maximum absolute atomic E-state index is 13.4. The highest BCUT2D eigenvalue weighted by molar-refractivity contribution is 8.00. The minimum Gasteiger partial charge on any atom is -0.477 e. The molecule has 2 aliphatic heterocycles. The lowest BCUT2D eigenvalue weighted by Gasteiger charge is -2.57. The lowest BCUT2D eigenvalue weighted by atomic mass is 9.83. The van der Waals surface area contributed by atoms with Crippen LogP contribution in [0.2, 0.25) is 0 Å². The fourth-order valence-corrected chi connectivity index (χ4v) is 5.18. The maximum Gasteiger partial charge on any atom is 0.404 e. The number of carbonyl (C=O) groups is 5. The molecule has 1 fully saturated rings. The van der Waals surface area contributed by atoms with Crippen molar-refractivity contribution in [3.63, 3.8) is 0 Å². The van der Waals surface area contributed by atoms with E-state index in [0.717, 1.165) is 16.7 Å². The predicted octanol–water partition coefficient (Wildman–Crippen LogP) is -0.213. The molecule has 3 heterocycles. The molecule has 35 heavy (non-hydrogen) atoms. The van der Waals surface area contributed by atoms with Gasteiger partial charge in [-0.25, -0.2) is 9.59 Å². The van der Waals surface area contributed by atoms with Crippen molar-refractivity contribution in [2.75, 3.05) is 26.1 Å². The third-order valence-corrected chi connectivity index (χ3v) is 6.57. The summed E-state index contributed by atoms with van der Waals surface area (Å²) in [5.74, 6) is -3.49. The normalized spacial score (nSPS) is 21.5. The van der Waals surface area contributed by atoms with Gasteiger partial charge in [-0.3, -0.25) is 19.3 Å². The van der Waals surface area contributed by atoms with Crippen LogP contribution in [0.3, 0.4) is 0 Å². The molecule has 3 rings (SSSR count). The average molecular weight is 510 g/mol. The predicted molar refractivity (Wildman–Crippen MR) is 118 cm³/mol. The number of esters is 1. The standard InChI is InChI=1S/C20H22N4O10S/c1-10(25)32-7-5-20(22-15(26)13(23-31-2)12-4-3-6-33-12)17(29)24-14(16(27)28)11(8-34-19(21)30)9-35-18(20)24/h3-4,6,18H,5,7-9H2,1-2H3,(H2,21,30)(H,22,26)(H,27,28)/b23-13-/t18-,20-/m0/s1. The van der Waals surface area contributed by atoms with E-state index in [2.05, 4.69) is 10.5 Å². The number of fused-ring (bicyclic) bond motifs is 1. The third kappa shape index (κ3) is 5.08. The summed E-state index contributed by atoms with van der Waals surface area (Å²) in [7, 11) is 1.22. The highest BCUT2D eigenvalue weighted by Crippen LogP contribution is 2.47. The highest BCUT2D eigenvalue weighted by Gasteiger charge is 2.65. The van der Waals surface area contributed by atoms with Gasteiger partial charge in [0.05, 0.1) is 12.9 Å². The molecule has 188 valence electrons. The molecular formula is C20H22N4O10S. The highest BCUT2D eigenvalue weighted by atomic mass is 32.2. The lowest BCUT2D eigenvalue weighted by Crippen LogP contribution is -2.80. The molecule has 2 atom stereocenters. The van der Waals surface area contributed by atoms with Crippen LogP contribution >= 0.6 is 11.8 Å². The second-order valence-electron chi connectivity index (χ2n) is 7.32. The summed E-state index contributed by atoms with van der Waals surface area (Å²) in [5.41, 5.74) is 2.84. The summed E-state index contributed by atoms with van der Waals surface area (Å²) < 4.78 is 14.9. The van der Waals surface area contributed by atoms with Crippen molar-refractivity contribution in [2.24, 2.45) is 10.9 Å². The number of carbonyl (C=O) groups excluding carboxylic acids is 4. The van der Waals surface area contributed by atoms with E-state index in [4.69, 9.17) is 24.5 Å². The summed E-state index contributed by atoms with van der Waals surface area (Å²) in [6, 6.07) is 2.99. The van der Waals surface area contributed by atoms with Gasteiger partial charge in [0.2, 0.25) is 5.71 Å². The molecule has 15 heteroatoms. The number of hydrogen-bond acceptors (Lipinski definition) is 11. The number of nitrogens with one attached hydrogen (secondary N) is 1. The van der Waals surface area contributed by atoms with E-state index in [1.807, 2.05) is 0 Å². The lowest BCUT2D eigenvalue weighted by molar-refractivity contribution is -0.161. The fourth-order valence-electron chi connectivity index (χ4n) is 3.69. The van der Waals surface area contributed by atoms with Crippen LogP contribution in [0.5, 0.6) is 0 Å². The van der Waals surface area contributed by atoms with Gasteiger partial charge >= 0.3 is 18.0 Å². The molecule has 1 saturated heterocycles. The molecule has 0 spiro atoms. The number of oxime groups is 1.